The normalized spacial score (nSPS) is 12.4. The molecule has 0 aliphatic heterocycles. The maximum absolute atomic E-state index is 10.7. The average molecular weight is 219 g/mol. The molecule has 0 spiro atoms. The van der Waals surface area contributed by atoms with Gasteiger partial charge in [0.25, 0.3) is 0 Å². The lowest BCUT2D eigenvalue weighted by atomic mass is 10.2. The summed E-state index contributed by atoms with van der Waals surface area (Å²) in [7, 11) is 0. The monoisotopic (exact) mass is 219 g/mol. The molecule has 0 saturated carbocycles. The van der Waals surface area contributed by atoms with Gasteiger partial charge in [0, 0.05) is 0 Å². The minimum Gasteiger partial charge on any atom is -0.480 e. The summed E-state index contributed by atoms with van der Waals surface area (Å²) in [4.78, 5) is 32.4. The Morgan fingerprint density at radius 2 is 1.47 bits per heavy atom. The van der Waals surface area contributed by atoms with Crippen LogP contribution in [0.4, 0.5) is 0 Å². The van der Waals surface area contributed by atoms with Gasteiger partial charge in [0.2, 0.25) is 0 Å². The van der Waals surface area contributed by atoms with Crippen molar-refractivity contribution in [2.24, 2.45) is 0 Å². The van der Waals surface area contributed by atoms with Crippen LogP contribution in [-0.4, -0.2) is 57.3 Å². The zero-order valence-electron chi connectivity index (χ0n) is 8.21. The molecule has 15 heavy (non-hydrogen) atoms. The molecule has 0 saturated heterocycles. The molecule has 0 bridgehead atoms. The van der Waals surface area contributed by atoms with Crippen molar-refractivity contribution in [3.8, 4) is 0 Å². The summed E-state index contributed by atoms with van der Waals surface area (Å²) >= 11 is 0. The van der Waals surface area contributed by atoms with Crippen molar-refractivity contribution in [1.29, 1.82) is 0 Å². The van der Waals surface area contributed by atoms with Crippen LogP contribution in [0.5, 0.6) is 0 Å². The van der Waals surface area contributed by atoms with E-state index in [1.54, 1.807) is 6.92 Å². The summed E-state index contributed by atoms with van der Waals surface area (Å²) in [6.45, 7) is 0.351. The Kier molecular flexibility index (Phi) is 5.32. The van der Waals surface area contributed by atoms with Crippen molar-refractivity contribution in [2.75, 3.05) is 13.1 Å². The van der Waals surface area contributed by atoms with Crippen LogP contribution in [0.3, 0.4) is 0 Å². The van der Waals surface area contributed by atoms with E-state index in [1.165, 1.54) is 0 Å². The van der Waals surface area contributed by atoms with E-state index in [4.69, 9.17) is 15.3 Å². The highest BCUT2D eigenvalue weighted by atomic mass is 16.4. The molecular weight excluding hydrogens is 206 g/mol. The van der Waals surface area contributed by atoms with Crippen LogP contribution in [0.2, 0.25) is 0 Å². The highest BCUT2D eigenvalue weighted by molar-refractivity contribution is 5.77. The van der Waals surface area contributed by atoms with E-state index in [9.17, 15) is 14.4 Å². The highest BCUT2D eigenvalue weighted by Crippen LogP contribution is 2.04. The fourth-order valence-corrected chi connectivity index (χ4v) is 1.21. The average Bonchev–Trinajstić information content (AvgIpc) is 2.01. The Labute approximate surface area is 85.9 Å². The summed E-state index contributed by atoms with van der Waals surface area (Å²) < 4.78 is 0. The van der Waals surface area contributed by atoms with Gasteiger partial charge in [-0.3, -0.25) is 19.3 Å². The van der Waals surface area contributed by atoms with Crippen LogP contribution >= 0.6 is 0 Å². The molecule has 86 valence electrons. The van der Waals surface area contributed by atoms with E-state index in [0.29, 0.717) is 0 Å². The van der Waals surface area contributed by atoms with E-state index >= 15 is 0 Å². The number of carboxylic acids is 3. The molecule has 0 heterocycles. The Bertz CT molecular complexity index is 248. The molecule has 0 aliphatic carbocycles. The number of aliphatic carboxylic acids is 3. The summed E-state index contributed by atoms with van der Waals surface area (Å²) in [5.41, 5.74) is 0. The van der Waals surface area contributed by atoms with Crippen molar-refractivity contribution in [3.63, 3.8) is 0 Å². The Balaban J connectivity index is 4.64. The lowest BCUT2D eigenvalue weighted by Gasteiger charge is -2.24. The molecule has 0 aliphatic rings. The molecular formula is C8H13NO6. The van der Waals surface area contributed by atoms with Crippen LogP contribution in [0, 0.1) is 0 Å². The third kappa shape index (κ3) is 4.96. The summed E-state index contributed by atoms with van der Waals surface area (Å²) in [5, 5.41) is 25.7. The molecule has 0 rings (SSSR count). The van der Waals surface area contributed by atoms with Gasteiger partial charge in [0.1, 0.15) is 6.04 Å². The van der Waals surface area contributed by atoms with Crippen LogP contribution in [0.1, 0.15) is 13.3 Å². The lowest BCUT2D eigenvalue weighted by molar-refractivity contribution is -0.149. The van der Waals surface area contributed by atoms with Gasteiger partial charge < -0.3 is 15.3 Å². The fourth-order valence-electron chi connectivity index (χ4n) is 1.21. The molecule has 0 radical (unpaired) electrons. The molecule has 7 nitrogen and oxygen atoms in total. The first-order valence-corrected chi connectivity index (χ1v) is 4.28. The zero-order valence-corrected chi connectivity index (χ0v) is 8.21. The third-order valence-corrected chi connectivity index (χ3v) is 1.79. The predicted molar refractivity (Wildman–Crippen MR) is 48.6 cm³/mol. The molecule has 7 heteroatoms. The summed E-state index contributed by atoms with van der Waals surface area (Å²) in [5.74, 6) is -3.73. The molecule has 0 fully saturated rings. The second kappa shape index (κ2) is 5.97. The van der Waals surface area contributed by atoms with Crippen LogP contribution < -0.4 is 0 Å². The number of hydrogen-bond donors (Lipinski definition) is 3. The largest absolute Gasteiger partial charge is 0.480 e. The standard InChI is InChI=1S/C8H13NO6/c1-2-5(8(14)15)9(3-6(10)11)4-7(12)13/h5H,2-4H2,1H3,(H,10,11)(H,12,13)(H,14,15)/t5-/m0/s1. The Morgan fingerprint density at radius 1 is 1.07 bits per heavy atom. The van der Waals surface area contributed by atoms with Gasteiger partial charge in [-0.15, -0.1) is 0 Å². The van der Waals surface area contributed by atoms with Gasteiger partial charge in [-0.1, -0.05) is 6.92 Å². The predicted octanol–water partition coefficient (Wildman–Crippen LogP) is -0.679. The van der Waals surface area contributed by atoms with Crippen molar-refractivity contribution in [2.45, 2.75) is 19.4 Å². The minimum atomic E-state index is -1.25. The quantitative estimate of drug-likeness (QED) is 0.519. The highest BCUT2D eigenvalue weighted by Gasteiger charge is 2.27. The van der Waals surface area contributed by atoms with Gasteiger partial charge in [-0.05, 0) is 6.42 Å². The van der Waals surface area contributed by atoms with E-state index < -0.39 is 37.0 Å². The maximum Gasteiger partial charge on any atom is 0.320 e. The zero-order chi connectivity index (χ0) is 12.0. The topological polar surface area (TPSA) is 115 Å². The van der Waals surface area contributed by atoms with Crippen molar-refractivity contribution in [1.82, 2.24) is 4.90 Å². The van der Waals surface area contributed by atoms with Crippen LogP contribution in [-0.2, 0) is 14.4 Å². The third-order valence-electron chi connectivity index (χ3n) is 1.79. The van der Waals surface area contributed by atoms with E-state index in [1.807, 2.05) is 0 Å². The molecule has 0 aromatic carbocycles. The maximum atomic E-state index is 10.7. The molecule has 0 unspecified atom stereocenters. The number of carboxylic acid groups (broad SMARTS) is 3. The van der Waals surface area contributed by atoms with Gasteiger partial charge in [-0.2, -0.15) is 0 Å². The van der Waals surface area contributed by atoms with Gasteiger partial charge in [-0.25, -0.2) is 0 Å². The van der Waals surface area contributed by atoms with E-state index in [-0.39, 0.29) is 6.42 Å². The second-order valence-corrected chi connectivity index (χ2v) is 2.95. The van der Waals surface area contributed by atoms with Crippen LogP contribution in [0.25, 0.3) is 0 Å². The molecule has 1 atom stereocenters. The van der Waals surface area contributed by atoms with E-state index in [0.717, 1.165) is 4.90 Å². The van der Waals surface area contributed by atoms with Crippen molar-refractivity contribution < 1.29 is 29.7 Å². The molecule has 3 N–H and O–H groups in total. The first kappa shape index (κ1) is 13.4. The number of hydrogen-bond acceptors (Lipinski definition) is 4. The molecule has 0 aromatic rings. The van der Waals surface area contributed by atoms with Gasteiger partial charge in [0.15, 0.2) is 0 Å². The van der Waals surface area contributed by atoms with Crippen LogP contribution in [0.15, 0.2) is 0 Å². The van der Waals surface area contributed by atoms with Gasteiger partial charge >= 0.3 is 17.9 Å². The Morgan fingerprint density at radius 3 is 1.67 bits per heavy atom. The lowest BCUT2D eigenvalue weighted by Crippen LogP contribution is -2.46. The fraction of sp³-hybridized carbons (Fsp3) is 0.625. The van der Waals surface area contributed by atoms with Crippen molar-refractivity contribution in [3.05, 3.63) is 0 Å². The molecule has 0 amide bonds. The SMILES string of the molecule is CC[C@@H](C(=O)O)N(CC(=O)O)CC(=O)O. The number of carbonyl (C=O) groups is 3. The first-order valence-electron chi connectivity index (χ1n) is 4.28. The van der Waals surface area contributed by atoms with Crippen molar-refractivity contribution >= 4 is 17.9 Å². The summed E-state index contributed by atoms with van der Waals surface area (Å²) in [6.07, 6.45) is 0.149. The summed E-state index contributed by atoms with van der Waals surface area (Å²) in [6, 6.07) is -1.09. The minimum absolute atomic E-state index is 0.149. The Hall–Kier alpha value is -1.63. The number of nitrogens with zero attached hydrogens (tertiary/aromatic N) is 1. The molecule has 0 aromatic heterocycles. The number of rotatable bonds is 7. The first-order chi connectivity index (χ1) is 6.88. The van der Waals surface area contributed by atoms with E-state index in [2.05, 4.69) is 0 Å². The van der Waals surface area contributed by atoms with Gasteiger partial charge in [0.05, 0.1) is 13.1 Å². The smallest absolute Gasteiger partial charge is 0.320 e. The second-order valence-electron chi connectivity index (χ2n) is 2.95.